The number of hydrogen-bond acceptors (Lipinski definition) is 3. The second kappa shape index (κ2) is 9.13. The number of nitrogens with zero attached hydrogens (tertiary/aromatic N) is 1. The molecular weight excluding hydrogens is 278 g/mol. The van der Waals surface area contributed by atoms with Gasteiger partial charge >= 0.3 is 0 Å². The fraction of sp³-hybridized carbons (Fsp3) is 0.882. The fourth-order valence-electron chi connectivity index (χ4n) is 3.22. The Morgan fingerprint density at radius 3 is 2.50 bits per heavy atom. The highest BCUT2D eigenvalue weighted by atomic mass is 16.2. The van der Waals surface area contributed by atoms with E-state index >= 15 is 0 Å². The zero-order valence-corrected chi connectivity index (χ0v) is 14.8. The fourth-order valence-corrected chi connectivity index (χ4v) is 3.22. The summed E-state index contributed by atoms with van der Waals surface area (Å²) < 4.78 is 0. The third-order valence-electron chi connectivity index (χ3n) is 4.67. The Bertz CT molecular complexity index is 373. The van der Waals surface area contributed by atoms with Crippen LogP contribution in [0.1, 0.15) is 60.3 Å². The second-order valence-electron chi connectivity index (χ2n) is 6.62. The largest absolute Gasteiger partial charge is 0.352 e. The molecule has 0 spiro atoms. The highest BCUT2D eigenvalue weighted by Crippen LogP contribution is 2.20. The van der Waals surface area contributed by atoms with E-state index in [1.54, 1.807) is 6.92 Å². The number of nitrogens with one attached hydrogen (secondary N) is 2. The SMILES string of the molecule is CCC[C@H](C)NC(=O)[C@H](C)N[C@H]1CCN(C(C)=O)C[C@@H]1CC. The van der Waals surface area contributed by atoms with Gasteiger partial charge in [0.15, 0.2) is 0 Å². The van der Waals surface area contributed by atoms with E-state index in [2.05, 4.69) is 24.5 Å². The van der Waals surface area contributed by atoms with Gasteiger partial charge in [0.1, 0.15) is 0 Å². The molecule has 1 fully saturated rings. The van der Waals surface area contributed by atoms with Gasteiger partial charge in [0, 0.05) is 32.1 Å². The monoisotopic (exact) mass is 311 g/mol. The van der Waals surface area contributed by atoms with E-state index in [1.807, 2.05) is 18.7 Å². The number of carbonyl (C=O) groups is 2. The van der Waals surface area contributed by atoms with Crippen molar-refractivity contribution in [2.45, 2.75) is 78.4 Å². The predicted octanol–water partition coefficient (Wildman–Crippen LogP) is 1.92. The van der Waals surface area contributed by atoms with E-state index < -0.39 is 0 Å². The summed E-state index contributed by atoms with van der Waals surface area (Å²) in [5.41, 5.74) is 0. The van der Waals surface area contributed by atoms with E-state index in [4.69, 9.17) is 0 Å². The molecule has 2 N–H and O–H groups in total. The molecule has 1 aliphatic heterocycles. The molecule has 0 radical (unpaired) electrons. The van der Waals surface area contributed by atoms with Crippen LogP contribution in [-0.4, -0.2) is 47.9 Å². The van der Waals surface area contributed by atoms with Gasteiger partial charge < -0.3 is 15.5 Å². The van der Waals surface area contributed by atoms with Gasteiger partial charge in [0.05, 0.1) is 6.04 Å². The van der Waals surface area contributed by atoms with Crippen LogP contribution in [0, 0.1) is 5.92 Å². The van der Waals surface area contributed by atoms with Gasteiger partial charge in [0.25, 0.3) is 0 Å². The van der Waals surface area contributed by atoms with Crippen molar-refractivity contribution >= 4 is 11.8 Å². The van der Waals surface area contributed by atoms with Crippen LogP contribution in [0.2, 0.25) is 0 Å². The highest BCUT2D eigenvalue weighted by Gasteiger charge is 2.31. The molecule has 0 bridgehead atoms. The maximum atomic E-state index is 12.2. The first-order valence-corrected chi connectivity index (χ1v) is 8.70. The minimum atomic E-state index is -0.192. The van der Waals surface area contributed by atoms with Crippen LogP contribution in [0.5, 0.6) is 0 Å². The summed E-state index contributed by atoms with van der Waals surface area (Å²) in [4.78, 5) is 25.7. The zero-order chi connectivity index (χ0) is 16.7. The lowest BCUT2D eigenvalue weighted by Gasteiger charge is -2.39. The van der Waals surface area contributed by atoms with Crippen molar-refractivity contribution in [1.29, 1.82) is 0 Å². The Labute approximate surface area is 135 Å². The lowest BCUT2D eigenvalue weighted by Crippen LogP contribution is -2.55. The summed E-state index contributed by atoms with van der Waals surface area (Å²) in [5, 5.41) is 6.54. The molecule has 5 nitrogen and oxygen atoms in total. The number of hydrogen-bond donors (Lipinski definition) is 2. The highest BCUT2D eigenvalue weighted by molar-refractivity contribution is 5.81. The summed E-state index contributed by atoms with van der Waals surface area (Å²) in [6, 6.07) is 0.341. The van der Waals surface area contributed by atoms with Crippen LogP contribution >= 0.6 is 0 Å². The summed E-state index contributed by atoms with van der Waals surface area (Å²) >= 11 is 0. The maximum absolute atomic E-state index is 12.2. The topological polar surface area (TPSA) is 61.4 Å². The molecule has 128 valence electrons. The number of carbonyl (C=O) groups excluding carboxylic acids is 2. The van der Waals surface area contributed by atoms with E-state index in [-0.39, 0.29) is 23.9 Å². The van der Waals surface area contributed by atoms with Crippen molar-refractivity contribution < 1.29 is 9.59 Å². The Morgan fingerprint density at radius 2 is 1.95 bits per heavy atom. The number of likely N-dealkylation sites (tertiary alicyclic amines) is 1. The molecule has 0 saturated carbocycles. The quantitative estimate of drug-likeness (QED) is 0.755. The minimum Gasteiger partial charge on any atom is -0.352 e. The standard InChI is InChI=1S/C17H33N3O2/c1-6-8-12(3)18-17(22)13(4)19-16-9-10-20(14(5)21)11-15(16)7-2/h12-13,15-16,19H,6-11H2,1-5H3,(H,18,22)/t12-,13-,15-,16-/m0/s1. The van der Waals surface area contributed by atoms with E-state index in [9.17, 15) is 9.59 Å². The molecule has 22 heavy (non-hydrogen) atoms. The van der Waals surface area contributed by atoms with Gasteiger partial charge in [-0.2, -0.15) is 0 Å². The van der Waals surface area contributed by atoms with E-state index in [0.717, 1.165) is 38.8 Å². The summed E-state index contributed by atoms with van der Waals surface area (Å²) in [6.45, 7) is 11.5. The lowest BCUT2D eigenvalue weighted by atomic mass is 9.89. The molecule has 5 heteroatoms. The molecule has 0 unspecified atom stereocenters. The van der Waals surface area contributed by atoms with Crippen LogP contribution in [0.4, 0.5) is 0 Å². The van der Waals surface area contributed by atoms with Crippen molar-refractivity contribution in [1.82, 2.24) is 15.5 Å². The van der Waals surface area contributed by atoms with E-state index in [0.29, 0.717) is 12.0 Å². The Kier molecular flexibility index (Phi) is 7.87. The molecular formula is C17H33N3O2. The summed E-state index contributed by atoms with van der Waals surface area (Å²) in [6.07, 6.45) is 4.01. The van der Waals surface area contributed by atoms with Crippen molar-refractivity contribution in [2.75, 3.05) is 13.1 Å². The average molecular weight is 311 g/mol. The Morgan fingerprint density at radius 1 is 1.27 bits per heavy atom. The second-order valence-corrected chi connectivity index (χ2v) is 6.62. The van der Waals surface area contributed by atoms with Crippen LogP contribution in [-0.2, 0) is 9.59 Å². The van der Waals surface area contributed by atoms with E-state index in [1.165, 1.54) is 0 Å². The van der Waals surface area contributed by atoms with Crippen LogP contribution < -0.4 is 10.6 Å². The predicted molar refractivity (Wildman–Crippen MR) is 89.6 cm³/mol. The molecule has 0 aromatic carbocycles. The molecule has 1 heterocycles. The van der Waals surface area contributed by atoms with Gasteiger partial charge in [-0.05, 0) is 32.6 Å². The lowest BCUT2D eigenvalue weighted by molar-refractivity contribution is -0.131. The molecule has 0 aromatic rings. The third kappa shape index (κ3) is 5.59. The first-order valence-electron chi connectivity index (χ1n) is 8.70. The minimum absolute atomic E-state index is 0.0739. The van der Waals surface area contributed by atoms with Crippen LogP contribution in [0.3, 0.4) is 0 Å². The summed E-state index contributed by atoms with van der Waals surface area (Å²) in [7, 11) is 0. The molecule has 1 rings (SSSR count). The van der Waals surface area contributed by atoms with Crippen molar-refractivity contribution in [3.05, 3.63) is 0 Å². The normalized spacial score (nSPS) is 24.7. The van der Waals surface area contributed by atoms with Crippen LogP contribution in [0.25, 0.3) is 0 Å². The molecule has 4 atom stereocenters. The summed E-state index contributed by atoms with van der Waals surface area (Å²) in [5.74, 6) is 0.641. The molecule has 1 saturated heterocycles. The van der Waals surface area contributed by atoms with Crippen molar-refractivity contribution in [3.8, 4) is 0 Å². The van der Waals surface area contributed by atoms with Gasteiger partial charge in [-0.15, -0.1) is 0 Å². The zero-order valence-electron chi connectivity index (χ0n) is 14.8. The third-order valence-corrected chi connectivity index (χ3v) is 4.67. The average Bonchev–Trinajstić information content (AvgIpc) is 2.47. The van der Waals surface area contributed by atoms with Gasteiger partial charge in [-0.3, -0.25) is 9.59 Å². The first kappa shape index (κ1) is 18.9. The number of rotatable bonds is 7. The van der Waals surface area contributed by atoms with Gasteiger partial charge in [-0.25, -0.2) is 0 Å². The Balaban J connectivity index is 2.50. The number of amides is 2. The molecule has 0 aliphatic carbocycles. The van der Waals surface area contributed by atoms with Gasteiger partial charge in [0.2, 0.25) is 11.8 Å². The number of piperidine rings is 1. The molecule has 1 aliphatic rings. The van der Waals surface area contributed by atoms with Crippen LogP contribution in [0.15, 0.2) is 0 Å². The van der Waals surface area contributed by atoms with Crippen molar-refractivity contribution in [2.24, 2.45) is 5.92 Å². The Hall–Kier alpha value is -1.10. The molecule has 2 amide bonds. The van der Waals surface area contributed by atoms with Crippen molar-refractivity contribution in [3.63, 3.8) is 0 Å². The smallest absolute Gasteiger partial charge is 0.237 e. The molecule has 0 aromatic heterocycles. The van der Waals surface area contributed by atoms with Gasteiger partial charge in [-0.1, -0.05) is 26.7 Å². The first-order chi connectivity index (χ1) is 10.4. The maximum Gasteiger partial charge on any atom is 0.237 e.